The second-order valence-corrected chi connectivity index (χ2v) is 6.70. The summed E-state index contributed by atoms with van der Waals surface area (Å²) in [5.41, 5.74) is 1.25. The van der Waals surface area contributed by atoms with Gasteiger partial charge in [-0.15, -0.1) is 10.2 Å². The van der Waals surface area contributed by atoms with Gasteiger partial charge in [-0.05, 0) is 54.1 Å². The molecule has 9 heteroatoms. The summed E-state index contributed by atoms with van der Waals surface area (Å²) in [6.45, 7) is 0. The standard InChI is InChI=1S/C21H13ClF3N5/c22-18-7-3-15(4-8-18)19-28-29-20(16-9-11-26-12-10-16)30(19)27-13-14-1-5-17(6-2-14)21(23,24)25/h1-13H/b27-13+. The Kier molecular flexibility index (Phi) is 5.33. The molecule has 0 bridgehead atoms. The van der Waals surface area contributed by atoms with Crippen LogP contribution in [0.4, 0.5) is 13.2 Å². The fourth-order valence-corrected chi connectivity index (χ4v) is 2.86. The summed E-state index contributed by atoms with van der Waals surface area (Å²) in [6.07, 6.45) is 0.305. The van der Waals surface area contributed by atoms with Crippen molar-refractivity contribution in [3.05, 3.63) is 89.2 Å². The monoisotopic (exact) mass is 427 g/mol. The van der Waals surface area contributed by atoms with Crippen molar-refractivity contribution < 1.29 is 13.2 Å². The normalized spacial score (nSPS) is 11.9. The third-order valence-corrected chi connectivity index (χ3v) is 4.49. The number of nitrogens with zero attached hydrogens (tertiary/aromatic N) is 5. The highest BCUT2D eigenvalue weighted by Crippen LogP contribution is 2.29. The van der Waals surface area contributed by atoms with Gasteiger partial charge in [0.1, 0.15) is 0 Å². The number of hydrogen-bond acceptors (Lipinski definition) is 4. The van der Waals surface area contributed by atoms with Crippen molar-refractivity contribution in [1.82, 2.24) is 19.9 Å². The second-order valence-electron chi connectivity index (χ2n) is 6.27. The number of pyridine rings is 1. The summed E-state index contributed by atoms with van der Waals surface area (Å²) in [7, 11) is 0. The predicted molar refractivity (Wildman–Crippen MR) is 108 cm³/mol. The van der Waals surface area contributed by atoms with Gasteiger partial charge in [0.15, 0.2) is 11.6 Å². The molecule has 0 aliphatic heterocycles. The molecule has 2 aromatic heterocycles. The van der Waals surface area contributed by atoms with Crippen LogP contribution in [0.15, 0.2) is 78.2 Å². The maximum atomic E-state index is 12.8. The van der Waals surface area contributed by atoms with Crippen LogP contribution in [0.2, 0.25) is 5.02 Å². The van der Waals surface area contributed by atoms with Crippen LogP contribution in [0.25, 0.3) is 22.8 Å². The van der Waals surface area contributed by atoms with Gasteiger partial charge in [0.05, 0.1) is 11.8 Å². The number of aromatic nitrogens is 4. The number of halogens is 4. The Hall–Kier alpha value is -3.52. The first-order chi connectivity index (χ1) is 14.4. The molecule has 0 aliphatic carbocycles. The second kappa shape index (κ2) is 8.08. The van der Waals surface area contributed by atoms with E-state index in [4.69, 9.17) is 11.6 Å². The van der Waals surface area contributed by atoms with Gasteiger partial charge in [-0.2, -0.15) is 22.9 Å². The van der Waals surface area contributed by atoms with Crippen LogP contribution in [-0.2, 0) is 6.18 Å². The third-order valence-electron chi connectivity index (χ3n) is 4.24. The van der Waals surface area contributed by atoms with E-state index in [1.54, 1.807) is 48.8 Å². The molecule has 5 nitrogen and oxygen atoms in total. The van der Waals surface area contributed by atoms with Crippen LogP contribution in [0, 0.1) is 0 Å². The largest absolute Gasteiger partial charge is 0.416 e. The first-order valence-electron chi connectivity index (χ1n) is 8.75. The summed E-state index contributed by atoms with van der Waals surface area (Å²) < 4.78 is 39.8. The molecule has 150 valence electrons. The Balaban J connectivity index is 1.75. The van der Waals surface area contributed by atoms with Crippen LogP contribution in [-0.4, -0.2) is 26.1 Å². The molecule has 0 radical (unpaired) electrons. The lowest BCUT2D eigenvalue weighted by molar-refractivity contribution is -0.137. The van der Waals surface area contributed by atoms with Crippen molar-refractivity contribution in [3.8, 4) is 22.8 Å². The van der Waals surface area contributed by atoms with Crippen LogP contribution < -0.4 is 0 Å². The number of benzene rings is 2. The molecular formula is C21H13ClF3N5. The zero-order valence-electron chi connectivity index (χ0n) is 15.3. The molecule has 4 aromatic rings. The summed E-state index contributed by atoms with van der Waals surface area (Å²) in [5, 5.41) is 13.5. The minimum Gasteiger partial charge on any atom is -0.265 e. The molecule has 0 saturated carbocycles. The molecule has 0 spiro atoms. The molecule has 0 fully saturated rings. The lowest BCUT2D eigenvalue weighted by Gasteiger charge is -2.07. The molecule has 30 heavy (non-hydrogen) atoms. The Labute approximate surface area is 174 Å². The Bertz CT molecular complexity index is 1170. The quantitative estimate of drug-likeness (QED) is 0.400. The smallest absolute Gasteiger partial charge is 0.265 e. The van der Waals surface area contributed by atoms with Crippen LogP contribution in [0.1, 0.15) is 11.1 Å². The Morgan fingerprint density at radius 1 is 0.800 bits per heavy atom. The van der Waals surface area contributed by atoms with Gasteiger partial charge in [0.2, 0.25) is 0 Å². The molecule has 0 N–H and O–H groups in total. The number of hydrogen-bond donors (Lipinski definition) is 0. The molecule has 0 amide bonds. The van der Waals surface area contributed by atoms with Crippen molar-refractivity contribution in [2.75, 3.05) is 0 Å². The predicted octanol–water partition coefficient (Wildman–Crippen LogP) is 5.56. The fraction of sp³-hybridized carbons (Fsp3) is 0.0476. The van der Waals surface area contributed by atoms with E-state index in [1.807, 2.05) is 0 Å². The zero-order chi connectivity index (χ0) is 21.1. The van der Waals surface area contributed by atoms with Gasteiger partial charge in [-0.25, -0.2) is 0 Å². The van der Waals surface area contributed by atoms with Gasteiger partial charge in [-0.1, -0.05) is 23.7 Å². The molecule has 0 aliphatic rings. The molecule has 4 rings (SSSR count). The zero-order valence-corrected chi connectivity index (χ0v) is 16.0. The minimum atomic E-state index is -4.39. The summed E-state index contributed by atoms with van der Waals surface area (Å²) in [4.78, 5) is 3.99. The molecule has 0 saturated heterocycles. The van der Waals surface area contributed by atoms with E-state index >= 15 is 0 Å². The van der Waals surface area contributed by atoms with E-state index in [0.29, 0.717) is 22.2 Å². The summed E-state index contributed by atoms with van der Waals surface area (Å²) in [6, 6.07) is 15.3. The first-order valence-corrected chi connectivity index (χ1v) is 9.13. The van der Waals surface area contributed by atoms with Gasteiger partial charge >= 0.3 is 6.18 Å². The molecule has 2 aromatic carbocycles. The van der Waals surface area contributed by atoms with Crippen LogP contribution in [0.3, 0.4) is 0 Å². The molecule has 0 unspecified atom stereocenters. The highest BCUT2D eigenvalue weighted by molar-refractivity contribution is 6.30. The molecule has 0 atom stereocenters. The maximum Gasteiger partial charge on any atom is 0.416 e. The van der Waals surface area contributed by atoms with Crippen molar-refractivity contribution in [3.63, 3.8) is 0 Å². The summed E-state index contributed by atoms with van der Waals surface area (Å²) >= 11 is 5.97. The maximum absolute atomic E-state index is 12.8. The van der Waals surface area contributed by atoms with Crippen molar-refractivity contribution in [2.24, 2.45) is 5.10 Å². The average Bonchev–Trinajstić information content (AvgIpc) is 3.17. The first kappa shape index (κ1) is 19.8. The van der Waals surface area contributed by atoms with Gasteiger partial charge in [0, 0.05) is 28.5 Å². The van der Waals surface area contributed by atoms with E-state index in [1.165, 1.54) is 23.0 Å². The average molecular weight is 428 g/mol. The fourth-order valence-electron chi connectivity index (χ4n) is 2.73. The lowest BCUT2D eigenvalue weighted by Crippen LogP contribution is -2.04. The van der Waals surface area contributed by atoms with Gasteiger partial charge in [-0.3, -0.25) is 4.98 Å². The Morgan fingerprint density at radius 2 is 1.37 bits per heavy atom. The molecular weight excluding hydrogens is 415 g/mol. The number of alkyl halides is 3. The Morgan fingerprint density at radius 3 is 1.93 bits per heavy atom. The van der Waals surface area contributed by atoms with E-state index in [2.05, 4.69) is 20.3 Å². The third kappa shape index (κ3) is 4.23. The van der Waals surface area contributed by atoms with Crippen LogP contribution >= 0.6 is 11.6 Å². The topological polar surface area (TPSA) is 56.0 Å². The van der Waals surface area contributed by atoms with E-state index in [9.17, 15) is 13.2 Å². The van der Waals surface area contributed by atoms with Gasteiger partial charge < -0.3 is 0 Å². The van der Waals surface area contributed by atoms with Crippen molar-refractivity contribution in [1.29, 1.82) is 0 Å². The molecule has 2 heterocycles. The minimum absolute atomic E-state index is 0.460. The highest BCUT2D eigenvalue weighted by Gasteiger charge is 2.29. The number of rotatable bonds is 4. The van der Waals surface area contributed by atoms with E-state index in [-0.39, 0.29) is 0 Å². The van der Waals surface area contributed by atoms with E-state index in [0.717, 1.165) is 23.3 Å². The van der Waals surface area contributed by atoms with Gasteiger partial charge in [0.25, 0.3) is 0 Å². The SMILES string of the molecule is FC(F)(F)c1ccc(/C=N/n2c(-c3ccncc3)nnc2-c2ccc(Cl)cc2)cc1. The van der Waals surface area contributed by atoms with Crippen molar-refractivity contribution >= 4 is 17.8 Å². The summed E-state index contributed by atoms with van der Waals surface area (Å²) in [5.74, 6) is 0.923. The van der Waals surface area contributed by atoms with Crippen LogP contribution in [0.5, 0.6) is 0 Å². The van der Waals surface area contributed by atoms with E-state index < -0.39 is 11.7 Å². The highest BCUT2D eigenvalue weighted by atomic mass is 35.5. The van der Waals surface area contributed by atoms with Crippen molar-refractivity contribution in [2.45, 2.75) is 6.18 Å². The lowest BCUT2D eigenvalue weighted by atomic mass is 10.1.